The van der Waals surface area contributed by atoms with Gasteiger partial charge in [0.15, 0.2) is 0 Å². The molecular weight excluding hydrogens is 493 g/mol. The van der Waals surface area contributed by atoms with Crippen LogP contribution < -0.4 is 0 Å². The van der Waals surface area contributed by atoms with E-state index in [2.05, 4.69) is 0 Å². The fourth-order valence-electron chi connectivity index (χ4n) is 3.32. The van der Waals surface area contributed by atoms with Crippen molar-refractivity contribution in [1.29, 1.82) is 0 Å². The van der Waals surface area contributed by atoms with Crippen molar-refractivity contribution < 1.29 is 83.4 Å². The van der Waals surface area contributed by atoms with Crippen LogP contribution in [0, 0.1) is 5.92 Å². The highest BCUT2D eigenvalue weighted by atomic mass is 19.4. The maximum Gasteiger partial charge on any atom is 0.435 e. The van der Waals surface area contributed by atoms with Gasteiger partial charge in [-0.05, 0) is 0 Å². The normalized spacial score (nSPS) is 42.3. The van der Waals surface area contributed by atoms with Gasteiger partial charge in [-0.1, -0.05) is 0 Å². The van der Waals surface area contributed by atoms with Crippen LogP contribution in [0.5, 0.6) is 0 Å². The van der Waals surface area contributed by atoms with Gasteiger partial charge in [0.05, 0.1) is 0 Å². The summed E-state index contributed by atoms with van der Waals surface area (Å²) in [7, 11) is 0. The zero-order valence-corrected chi connectivity index (χ0v) is 12.8. The monoisotopic (exact) mass is 494 g/mol. The van der Waals surface area contributed by atoms with Gasteiger partial charge in [-0.3, -0.25) is 0 Å². The van der Waals surface area contributed by atoms with Crippen LogP contribution in [0.3, 0.4) is 0 Å². The summed E-state index contributed by atoms with van der Waals surface area (Å²) in [5.74, 6) is -64.5. The molecule has 0 heterocycles. The van der Waals surface area contributed by atoms with Gasteiger partial charge in [0.2, 0.25) is 0 Å². The Morgan fingerprint density at radius 2 is 0.733 bits per heavy atom. The molecule has 2 fully saturated rings. The molecule has 178 valence electrons. The van der Waals surface area contributed by atoms with Crippen LogP contribution in [0.2, 0.25) is 0 Å². The van der Waals surface area contributed by atoms with E-state index in [4.69, 9.17) is 0 Å². The van der Waals surface area contributed by atoms with Crippen molar-refractivity contribution in [2.24, 2.45) is 5.92 Å². The van der Waals surface area contributed by atoms with Gasteiger partial charge in [0.25, 0.3) is 5.67 Å². The first kappa shape index (κ1) is 24.9. The molecule has 0 spiro atoms. The maximum atomic E-state index is 14.4. The summed E-state index contributed by atoms with van der Waals surface area (Å²) in [6.07, 6.45) is -8.20. The lowest BCUT2D eigenvalue weighted by molar-refractivity contribution is -0.542. The molecule has 2 rings (SSSR count). The quantitative estimate of drug-likeness (QED) is 0.360. The van der Waals surface area contributed by atoms with Crippen molar-refractivity contribution >= 4 is 0 Å². The smallest absolute Gasteiger partial charge is 0.229 e. The minimum atomic E-state index is -8.58. The molecule has 0 saturated heterocycles. The Bertz CT molecular complexity index is 744. The Balaban J connectivity index is 3.20. The molecule has 0 aromatic carbocycles. The molecule has 0 N–H and O–H groups in total. The second kappa shape index (κ2) is 5.17. The Hall–Kier alpha value is -1.33. The maximum absolute atomic E-state index is 14.4. The lowest BCUT2D eigenvalue weighted by Crippen LogP contribution is -2.94. The Labute approximate surface area is 150 Å². The number of hydrogen-bond acceptors (Lipinski definition) is 0. The second-order valence-corrected chi connectivity index (χ2v) is 6.42. The first-order valence-corrected chi connectivity index (χ1v) is 6.71. The molecule has 0 bridgehead atoms. The van der Waals surface area contributed by atoms with Gasteiger partial charge in [-0.15, -0.1) is 0 Å². The van der Waals surface area contributed by atoms with Gasteiger partial charge in [0, 0.05) is 0 Å². The first-order valence-electron chi connectivity index (χ1n) is 6.71. The molecule has 19 heteroatoms. The average molecular weight is 494 g/mol. The third-order valence-corrected chi connectivity index (χ3v) is 4.92. The number of alkyl halides is 19. The Morgan fingerprint density at radius 3 is 1.07 bits per heavy atom. The van der Waals surface area contributed by atoms with E-state index >= 15 is 0 Å². The van der Waals surface area contributed by atoms with E-state index in [1.54, 1.807) is 0 Å². The molecular formula is C11HF19. The molecule has 3 atom stereocenters. The third-order valence-electron chi connectivity index (χ3n) is 4.92. The first-order chi connectivity index (χ1) is 12.6. The van der Waals surface area contributed by atoms with Gasteiger partial charge in [-0.2, -0.15) is 74.6 Å². The SMILES string of the molecule is FC(F)(F)C1(F)C(F)(F)C(F)(F)C2C(F)(F)C(F)(F)C(F)(F)C(F)(F)C2(F)C1(F)F. The average Bonchev–Trinajstić information content (AvgIpc) is 2.48. The van der Waals surface area contributed by atoms with Crippen molar-refractivity contribution in [3.05, 3.63) is 0 Å². The van der Waals surface area contributed by atoms with Gasteiger partial charge in [-0.25, -0.2) is 8.78 Å². The van der Waals surface area contributed by atoms with E-state index in [0.717, 1.165) is 0 Å². The van der Waals surface area contributed by atoms with Crippen LogP contribution in [0.25, 0.3) is 0 Å². The van der Waals surface area contributed by atoms with Gasteiger partial charge >= 0.3 is 53.3 Å². The summed E-state index contributed by atoms with van der Waals surface area (Å²) in [4.78, 5) is 0. The van der Waals surface area contributed by atoms with E-state index in [1.165, 1.54) is 0 Å². The van der Waals surface area contributed by atoms with E-state index in [1.807, 2.05) is 0 Å². The van der Waals surface area contributed by atoms with Crippen LogP contribution in [0.1, 0.15) is 0 Å². The molecule has 30 heavy (non-hydrogen) atoms. The minimum Gasteiger partial charge on any atom is -0.229 e. The summed E-state index contributed by atoms with van der Waals surface area (Å²) in [5.41, 5.74) is -16.8. The Morgan fingerprint density at radius 1 is 0.400 bits per heavy atom. The molecule has 2 aliphatic rings. The van der Waals surface area contributed by atoms with Crippen LogP contribution in [0.15, 0.2) is 0 Å². The lowest BCUT2D eigenvalue weighted by atomic mass is 9.53. The molecule has 2 aliphatic carbocycles. The van der Waals surface area contributed by atoms with Crippen LogP contribution in [-0.2, 0) is 0 Å². The highest BCUT2D eigenvalue weighted by Crippen LogP contribution is 2.79. The van der Waals surface area contributed by atoms with Crippen LogP contribution >= 0.6 is 0 Å². The van der Waals surface area contributed by atoms with Crippen molar-refractivity contribution in [1.82, 2.24) is 0 Å². The highest BCUT2D eigenvalue weighted by molar-refractivity contribution is 5.38. The summed E-state index contributed by atoms with van der Waals surface area (Å²) in [6, 6.07) is 0. The molecule has 0 aliphatic heterocycles. The number of halogens is 19. The summed E-state index contributed by atoms with van der Waals surface area (Å²) < 4.78 is 255. The summed E-state index contributed by atoms with van der Waals surface area (Å²) >= 11 is 0. The Kier molecular flexibility index (Phi) is 4.30. The minimum absolute atomic E-state index is 6.95. The van der Waals surface area contributed by atoms with Gasteiger partial charge in [0.1, 0.15) is 5.92 Å². The van der Waals surface area contributed by atoms with Crippen molar-refractivity contribution in [2.45, 2.75) is 59.0 Å². The highest BCUT2D eigenvalue weighted by Gasteiger charge is 3.10. The lowest BCUT2D eigenvalue weighted by Gasteiger charge is -2.62. The van der Waals surface area contributed by atoms with Crippen LogP contribution in [-0.4, -0.2) is 59.0 Å². The fourth-order valence-corrected chi connectivity index (χ4v) is 3.32. The molecule has 0 aromatic rings. The van der Waals surface area contributed by atoms with E-state index in [9.17, 15) is 83.4 Å². The van der Waals surface area contributed by atoms with Crippen molar-refractivity contribution in [3.8, 4) is 0 Å². The predicted molar refractivity (Wildman–Crippen MR) is 51.9 cm³/mol. The molecule has 0 radical (unpaired) electrons. The molecule has 0 aromatic heterocycles. The van der Waals surface area contributed by atoms with Crippen LogP contribution in [0.4, 0.5) is 83.4 Å². The molecule has 0 nitrogen and oxygen atoms in total. The number of rotatable bonds is 0. The van der Waals surface area contributed by atoms with Gasteiger partial charge < -0.3 is 0 Å². The topological polar surface area (TPSA) is 0 Å². The summed E-state index contributed by atoms with van der Waals surface area (Å²) in [5, 5.41) is 0. The number of fused-ring (bicyclic) bond motifs is 1. The molecule has 0 amide bonds. The molecule has 2 saturated carbocycles. The van der Waals surface area contributed by atoms with E-state index < -0.39 is 64.9 Å². The van der Waals surface area contributed by atoms with E-state index in [0.29, 0.717) is 0 Å². The standard InChI is InChI=1S/C11HF19/c12-2-1(4(15,16)9(24,25)10(26,27)7(2,20)21)3(13,14)8(22,23)5(17,6(2,18)19)11(28,29)30/h1H. The molecule has 3 unspecified atom stereocenters. The largest absolute Gasteiger partial charge is 0.435 e. The fraction of sp³-hybridized carbons (Fsp3) is 1.00. The second-order valence-electron chi connectivity index (χ2n) is 6.42. The third kappa shape index (κ3) is 1.84. The van der Waals surface area contributed by atoms with Crippen molar-refractivity contribution in [2.75, 3.05) is 0 Å². The zero-order chi connectivity index (χ0) is 24.6. The summed E-state index contributed by atoms with van der Waals surface area (Å²) in [6.45, 7) is 0. The number of hydrogen-bond donors (Lipinski definition) is 0. The van der Waals surface area contributed by atoms with Crippen molar-refractivity contribution in [3.63, 3.8) is 0 Å². The zero-order valence-electron chi connectivity index (χ0n) is 12.8. The predicted octanol–water partition coefficient (Wildman–Crippen LogP) is 6.06. The van der Waals surface area contributed by atoms with E-state index in [-0.39, 0.29) is 0 Å².